The number of H-pyrrole nitrogens is 1. The Morgan fingerprint density at radius 3 is 2.64 bits per heavy atom. The minimum Gasteiger partial charge on any atom is -0.268 e. The molecule has 0 aromatic carbocycles. The second-order valence-electron chi connectivity index (χ2n) is 5.13. The number of alkyl halides is 3. The lowest BCUT2D eigenvalue weighted by Crippen LogP contribution is -2.26. The molecule has 132 valence electrons. The van der Waals surface area contributed by atoms with E-state index in [1.54, 1.807) is 6.92 Å². The van der Waals surface area contributed by atoms with E-state index >= 15 is 0 Å². The summed E-state index contributed by atoms with van der Waals surface area (Å²) in [6.07, 6.45) is -3.35. The van der Waals surface area contributed by atoms with Gasteiger partial charge < -0.3 is 0 Å². The van der Waals surface area contributed by atoms with E-state index in [4.69, 9.17) is 0 Å². The molecule has 3 aromatic heterocycles. The van der Waals surface area contributed by atoms with Gasteiger partial charge in [-0.2, -0.15) is 23.4 Å². The largest absolute Gasteiger partial charge is 0.410 e. The quantitative estimate of drug-likeness (QED) is 0.759. The number of aryl methyl sites for hydroxylation is 1. The molecule has 12 heteroatoms. The maximum Gasteiger partial charge on any atom is 0.410 e. The minimum absolute atomic E-state index is 0.0559. The lowest BCUT2D eigenvalue weighted by atomic mass is 10.3. The Kier molecular flexibility index (Phi) is 4.10. The fourth-order valence-corrected chi connectivity index (χ4v) is 2.11. The van der Waals surface area contributed by atoms with Crippen LogP contribution in [0.3, 0.4) is 0 Å². The molecule has 25 heavy (non-hydrogen) atoms. The highest BCUT2D eigenvalue weighted by atomic mass is 19.4. The van der Waals surface area contributed by atoms with Crippen LogP contribution < -0.4 is 5.56 Å². The molecule has 3 aromatic rings. The molecular weight excluding hydrogens is 341 g/mol. The number of hydrogen-bond acceptors (Lipinski definition) is 6. The molecule has 0 aliphatic carbocycles. The summed E-state index contributed by atoms with van der Waals surface area (Å²) < 4.78 is 41.4. The van der Waals surface area contributed by atoms with Crippen LogP contribution >= 0.6 is 0 Å². The van der Waals surface area contributed by atoms with Gasteiger partial charge >= 0.3 is 6.18 Å². The molecule has 9 nitrogen and oxygen atoms in total. The number of nitrogens with one attached hydrogen (secondary N) is 1. The zero-order chi connectivity index (χ0) is 18.2. The first-order valence-electron chi connectivity index (χ1n) is 7.28. The Hall–Kier alpha value is -3.05. The highest BCUT2D eigenvalue weighted by Crippen LogP contribution is 2.33. The Morgan fingerprint density at radius 1 is 1.28 bits per heavy atom. The summed E-state index contributed by atoms with van der Waals surface area (Å²) in [5.74, 6) is -0.0590. The number of rotatable bonds is 4. The van der Waals surface area contributed by atoms with Crippen molar-refractivity contribution in [1.29, 1.82) is 0 Å². The lowest BCUT2D eigenvalue weighted by Gasteiger charge is -2.17. The number of aromatic nitrogens is 8. The van der Waals surface area contributed by atoms with E-state index in [1.165, 1.54) is 18.5 Å². The van der Waals surface area contributed by atoms with E-state index in [1.807, 2.05) is 0 Å². The summed E-state index contributed by atoms with van der Waals surface area (Å²) in [5, 5.41) is 14.1. The predicted octanol–water partition coefficient (Wildman–Crippen LogP) is 1.43. The van der Waals surface area contributed by atoms with E-state index in [-0.39, 0.29) is 35.3 Å². The van der Waals surface area contributed by atoms with Crippen molar-refractivity contribution in [3.63, 3.8) is 0 Å². The molecule has 3 heterocycles. The summed E-state index contributed by atoms with van der Waals surface area (Å²) in [6, 6.07) is 0.579. The van der Waals surface area contributed by atoms with Crippen molar-refractivity contribution >= 4 is 0 Å². The maximum absolute atomic E-state index is 13.2. The molecule has 0 radical (unpaired) electrons. The van der Waals surface area contributed by atoms with Gasteiger partial charge in [-0.15, -0.1) is 5.10 Å². The smallest absolute Gasteiger partial charge is 0.268 e. The van der Waals surface area contributed by atoms with Gasteiger partial charge in [0.25, 0.3) is 5.56 Å². The van der Waals surface area contributed by atoms with Crippen LogP contribution in [0.2, 0.25) is 0 Å². The molecule has 1 atom stereocenters. The summed E-state index contributed by atoms with van der Waals surface area (Å²) in [7, 11) is 0. The van der Waals surface area contributed by atoms with Gasteiger partial charge in [-0.1, -0.05) is 0 Å². The van der Waals surface area contributed by atoms with Gasteiger partial charge in [0.15, 0.2) is 11.6 Å². The van der Waals surface area contributed by atoms with Gasteiger partial charge in [-0.05, 0) is 19.9 Å². The number of aromatic amines is 1. The molecule has 0 aliphatic heterocycles. The van der Waals surface area contributed by atoms with Crippen molar-refractivity contribution in [1.82, 2.24) is 39.7 Å². The van der Waals surface area contributed by atoms with E-state index in [2.05, 4.69) is 30.4 Å². The maximum atomic E-state index is 13.2. The fraction of sp³-hybridized carbons (Fsp3) is 0.385. The Labute approximate surface area is 138 Å². The minimum atomic E-state index is -4.54. The normalized spacial score (nSPS) is 13.2. The molecule has 0 amide bonds. The average molecular weight is 354 g/mol. The van der Waals surface area contributed by atoms with Crippen LogP contribution in [0.25, 0.3) is 23.2 Å². The molecule has 1 unspecified atom stereocenters. The van der Waals surface area contributed by atoms with Crippen LogP contribution in [0, 0.1) is 0 Å². The van der Waals surface area contributed by atoms with Crippen molar-refractivity contribution in [2.24, 2.45) is 0 Å². The zero-order valence-corrected chi connectivity index (χ0v) is 13.2. The summed E-state index contributed by atoms with van der Waals surface area (Å²) >= 11 is 0. The number of hydrogen-bond donors (Lipinski definition) is 1. The third-order valence-electron chi connectivity index (χ3n) is 3.49. The van der Waals surface area contributed by atoms with Crippen LogP contribution in [0.15, 0.2) is 23.3 Å². The van der Waals surface area contributed by atoms with Crippen molar-refractivity contribution < 1.29 is 13.2 Å². The Bertz CT molecular complexity index is 928. The molecule has 0 saturated heterocycles. The molecule has 0 spiro atoms. The van der Waals surface area contributed by atoms with Crippen molar-refractivity contribution in [2.45, 2.75) is 32.6 Å². The topological polar surface area (TPSA) is 107 Å². The average Bonchev–Trinajstić information content (AvgIpc) is 3.23. The highest BCUT2D eigenvalue weighted by molar-refractivity contribution is 5.53. The van der Waals surface area contributed by atoms with Crippen molar-refractivity contribution in [3.05, 3.63) is 28.8 Å². The van der Waals surface area contributed by atoms with E-state index in [0.717, 1.165) is 11.6 Å². The second-order valence-corrected chi connectivity index (χ2v) is 5.13. The second kappa shape index (κ2) is 6.11. The first kappa shape index (κ1) is 16.8. The van der Waals surface area contributed by atoms with Gasteiger partial charge in [0.1, 0.15) is 18.1 Å². The van der Waals surface area contributed by atoms with Gasteiger partial charge in [-0.3, -0.25) is 9.89 Å². The van der Waals surface area contributed by atoms with Crippen LogP contribution in [0.5, 0.6) is 0 Å². The van der Waals surface area contributed by atoms with Crippen LogP contribution in [-0.2, 0) is 6.54 Å². The van der Waals surface area contributed by atoms with Crippen LogP contribution in [0.4, 0.5) is 13.2 Å². The first-order valence-corrected chi connectivity index (χ1v) is 7.28. The van der Waals surface area contributed by atoms with Gasteiger partial charge in [0.2, 0.25) is 5.82 Å². The van der Waals surface area contributed by atoms with E-state index in [9.17, 15) is 18.0 Å². The molecule has 0 bridgehead atoms. The summed E-state index contributed by atoms with van der Waals surface area (Å²) in [5.41, 5.74) is -0.271. The Balaban J connectivity index is 2.18. The lowest BCUT2D eigenvalue weighted by molar-refractivity contribution is -0.165. The fourth-order valence-electron chi connectivity index (χ4n) is 2.11. The molecule has 0 aliphatic rings. The van der Waals surface area contributed by atoms with Gasteiger partial charge in [0, 0.05) is 12.6 Å². The first-order chi connectivity index (χ1) is 11.8. The highest BCUT2D eigenvalue weighted by Gasteiger charge is 2.40. The third-order valence-corrected chi connectivity index (χ3v) is 3.49. The van der Waals surface area contributed by atoms with Gasteiger partial charge in [-0.25, -0.2) is 19.3 Å². The number of nitrogens with zero attached hydrogens (tertiary/aromatic N) is 7. The van der Waals surface area contributed by atoms with E-state index < -0.39 is 12.2 Å². The molecule has 1 N–H and O–H groups in total. The zero-order valence-electron chi connectivity index (χ0n) is 13.2. The van der Waals surface area contributed by atoms with Crippen molar-refractivity contribution in [2.75, 3.05) is 0 Å². The SMILES string of the molecule is CCn1nc(-c2nc(-c3ncn[nH]3)nn2C(C)C(F)(F)F)ccc1=O. The standard InChI is InChI=1S/C13H13F3N8O/c1-3-23-9(25)5-4-8(21-23)12-19-11(10-17-6-18-20-10)22-24(12)7(2)13(14,15)16/h4-7H,3H2,1-2H3,(H,17,18,20). The molecular formula is C13H13F3N8O. The Morgan fingerprint density at radius 2 is 2.04 bits per heavy atom. The van der Waals surface area contributed by atoms with E-state index in [0.29, 0.717) is 4.68 Å². The summed E-state index contributed by atoms with van der Waals surface area (Å²) in [6.45, 7) is 2.92. The van der Waals surface area contributed by atoms with Crippen molar-refractivity contribution in [3.8, 4) is 23.2 Å². The van der Waals surface area contributed by atoms with Crippen LogP contribution in [-0.4, -0.2) is 45.9 Å². The number of halogens is 3. The summed E-state index contributed by atoms with van der Waals surface area (Å²) in [4.78, 5) is 19.6. The third kappa shape index (κ3) is 3.14. The monoisotopic (exact) mass is 354 g/mol. The van der Waals surface area contributed by atoms with Gasteiger partial charge in [0.05, 0.1) is 0 Å². The predicted molar refractivity (Wildman–Crippen MR) is 79.3 cm³/mol. The molecule has 0 fully saturated rings. The molecule has 3 rings (SSSR count). The van der Waals surface area contributed by atoms with Crippen LogP contribution in [0.1, 0.15) is 19.9 Å². The molecule has 0 saturated carbocycles.